The number of rotatable bonds is 13. The summed E-state index contributed by atoms with van der Waals surface area (Å²) in [5.74, 6) is -2.15. The summed E-state index contributed by atoms with van der Waals surface area (Å²) in [5, 5.41) is 9.12. The van der Waals surface area contributed by atoms with Gasteiger partial charge >= 0.3 is 10.2 Å². The van der Waals surface area contributed by atoms with Crippen LogP contribution in [0.15, 0.2) is 67.3 Å². The molecule has 2 aromatic carbocycles. The summed E-state index contributed by atoms with van der Waals surface area (Å²) in [7, 11) is -2.85. The third kappa shape index (κ3) is 8.42. The van der Waals surface area contributed by atoms with Crippen LogP contribution in [0.25, 0.3) is 22.2 Å². The number of ether oxygens (including phenoxy) is 2. The molecule has 3 N–H and O–H groups in total. The highest BCUT2D eigenvalue weighted by molar-refractivity contribution is 7.87. The zero-order valence-corrected chi connectivity index (χ0v) is 34.5. The van der Waals surface area contributed by atoms with Crippen LogP contribution in [0.2, 0.25) is 0 Å². The van der Waals surface area contributed by atoms with Crippen molar-refractivity contribution in [1.29, 1.82) is 0 Å². The number of aromatic nitrogens is 1. The first-order valence-corrected chi connectivity index (χ1v) is 21.6. The van der Waals surface area contributed by atoms with E-state index in [1.54, 1.807) is 7.11 Å². The van der Waals surface area contributed by atoms with Gasteiger partial charge in [-0.1, -0.05) is 57.2 Å². The molecule has 2 saturated carbocycles. The smallest absolute Gasteiger partial charge is 0.301 e. The molecule has 2 aliphatic heterocycles. The second kappa shape index (κ2) is 16.0. The summed E-state index contributed by atoms with van der Waals surface area (Å²) in [6.07, 6.45) is 4.80. The minimum Gasteiger partial charge on any atom is -0.497 e. The van der Waals surface area contributed by atoms with Crippen molar-refractivity contribution in [3.63, 3.8) is 0 Å². The van der Waals surface area contributed by atoms with Gasteiger partial charge in [0.2, 0.25) is 17.7 Å². The molecular formula is C43H54N6O8S. The number of benzene rings is 2. The lowest BCUT2D eigenvalue weighted by atomic mass is 9.77. The zero-order chi connectivity index (χ0) is 41.6. The van der Waals surface area contributed by atoms with E-state index in [4.69, 9.17) is 19.6 Å². The molecule has 1 aromatic heterocycles. The van der Waals surface area contributed by atoms with Gasteiger partial charge in [0.1, 0.15) is 29.2 Å². The van der Waals surface area contributed by atoms with E-state index in [0.717, 1.165) is 24.8 Å². The van der Waals surface area contributed by atoms with Gasteiger partial charge in [0.05, 0.1) is 30.8 Å². The number of hydrogen-bond acceptors (Lipinski definition) is 9. The maximum absolute atomic E-state index is 14.9. The minimum absolute atomic E-state index is 0.0132. The number of piperidine rings is 1. The van der Waals surface area contributed by atoms with Gasteiger partial charge in [-0.05, 0) is 56.1 Å². The van der Waals surface area contributed by atoms with Crippen LogP contribution in [0.4, 0.5) is 0 Å². The molecule has 1 unspecified atom stereocenters. The van der Waals surface area contributed by atoms with E-state index in [1.165, 1.54) is 11.0 Å². The molecular weight excluding hydrogens is 761 g/mol. The lowest BCUT2D eigenvalue weighted by molar-refractivity contribution is -0.149. The fourth-order valence-corrected chi connectivity index (χ4v) is 9.46. The molecule has 5 atom stereocenters. The van der Waals surface area contributed by atoms with Crippen LogP contribution in [0, 0.1) is 17.3 Å². The Balaban J connectivity index is 1.23. The molecule has 2 aliphatic carbocycles. The number of carbonyl (C=O) groups excluding carboxylic acids is 4. The summed E-state index contributed by atoms with van der Waals surface area (Å²) in [6, 6.07) is 15.3. The molecule has 4 amide bonds. The molecule has 0 radical (unpaired) electrons. The Labute approximate surface area is 340 Å². The number of nitrogens with one attached hydrogen (secondary N) is 1. The van der Waals surface area contributed by atoms with E-state index >= 15 is 0 Å². The number of amides is 4. The molecule has 310 valence electrons. The molecule has 4 aliphatic rings. The van der Waals surface area contributed by atoms with Gasteiger partial charge in [-0.15, -0.1) is 6.58 Å². The summed E-state index contributed by atoms with van der Waals surface area (Å²) < 4.78 is 38.3. The highest BCUT2D eigenvalue weighted by Gasteiger charge is 2.64. The summed E-state index contributed by atoms with van der Waals surface area (Å²) in [5.41, 5.74) is -0.116. The van der Waals surface area contributed by atoms with Crippen molar-refractivity contribution in [1.82, 2.24) is 24.4 Å². The van der Waals surface area contributed by atoms with Crippen LogP contribution in [-0.2, 0) is 29.4 Å². The first kappa shape index (κ1) is 41.2. The molecule has 15 heteroatoms. The van der Waals surface area contributed by atoms with E-state index < -0.39 is 63.0 Å². The van der Waals surface area contributed by atoms with Crippen molar-refractivity contribution in [2.24, 2.45) is 22.4 Å². The Hall–Kier alpha value is -5.02. The second-order valence-electron chi connectivity index (χ2n) is 17.2. The molecule has 0 spiro atoms. The van der Waals surface area contributed by atoms with Gasteiger partial charge in [0.25, 0.3) is 5.91 Å². The predicted octanol–water partition coefficient (Wildman–Crippen LogP) is 4.58. The van der Waals surface area contributed by atoms with Gasteiger partial charge in [-0.25, -0.2) is 14.4 Å². The Kier molecular flexibility index (Phi) is 11.3. The number of hydrogen-bond donors (Lipinski definition) is 2. The van der Waals surface area contributed by atoms with Gasteiger partial charge in [-0.3, -0.25) is 19.2 Å². The fraction of sp³-hybridized carbons (Fsp3) is 0.512. The monoisotopic (exact) mass is 814 g/mol. The molecule has 2 saturated heterocycles. The third-order valence-electron chi connectivity index (χ3n) is 12.0. The number of pyridine rings is 1. The van der Waals surface area contributed by atoms with Crippen LogP contribution in [0.3, 0.4) is 0 Å². The number of nitrogens with two attached hydrogens (primary N) is 1. The minimum atomic E-state index is -4.43. The molecule has 58 heavy (non-hydrogen) atoms. The Bertz CT molecular complexity index is 2200. The maximum Gasteiger partial charge on any atom is 0.301 e. The maximum atomic E-state index is 14.9. The normalized spacial score (nSPS) is 23.8. The van der Waals surface area contributed by atoms with Crippen LogP contribution in [0.5, 0.6) is 11.5 Å². The van der Waals surface area contributed by atoms with Crippen molar-refractivity contribution >= 4 is 44.7 Å². The SMILES string of the molecule is C=C[C@@H]1C[C@]1(NC(=O)[C@@H]1C[C@@H](Oc2cc(-c3ccccc3)nc3cc(OC)ccc23)CN1C(=O)C(CC(=O)N1CCCCC1)C(C)(C)C)C(=O)N(C1CC1)S(N)(=O)=O. The van der Waals surface area contributed by atoms with Gasteiger partial charge in [-0.2, -0.15) is 8.42 Å². The van der Waals surface area contributed by atoms with E-state index in [2.05, 4.69) is 11.9 Å². The summed E-state index contributed by atoms with van der Waals surface area (Å²) in [4.78, 5) is 65.5. The molecule has 4 fully saturated rings. The Morgan fingerprint density at radius 1 is 1.07 bits per heavy atom. The van der Waals surface area contributed by atoms with Crippen LogP contribution in [0.1, 0.15) is 72.1 Å². The summed E-state index contributed by atoms with van der Waals surface area (Å²) >= 11 is 0. The first-order chi connectivity index (χ1) is 27.5. The van der Waals surface area contributed by atoms with Gasteiger partial charge in [0.15, 0.2) is 0 Å². The Morgan fingerprint density at radius 3 is 2.38 bits per heavy atom. The van der Waals surface area contributed by atoms with E-state index in [-0.39, 0.29) is 37.6 Å². The number of likely N-dealkylation sites (tertiary alicyclic amines) is 2. The van der Waals surface area contributed by atoms with Crippen molar-refractivity contribution in [2.75, 3.05) is 26.7 Å². The van der Waals surface area contributed by atoms with E-state index in [1.807, 2.05) is 80.3 Å². The van der Waals surface area contributed by atoms with Crippen LogP contribution in [-0.4, -0.2) is 102 Å². The van der Waals surface area contributed by atoms with Gasteiger partial charge in [0, 0.05) is 61.0 Å². The average Bonchev–Trinajstić information content (AvgIpc) is 4.12. The molecule has 0 bridgehead atoms. The fourth-order valence-electron chi connectivity index (χ4n) is 8.44. The predicted molar refractivity (Wildman–Crippen MR) is 218 cm³/mol. The largest absolute Gasteiger partial charge is 0.497 e. The molecule has 14 nitrogen and oxygen atoms in total. The van der Waals surface area contributed by atoms with Crippen molar-refractivity contribution in [3.8, 4) is 22.8 Å². The van der Waals surface area contributed by atoms with E-state index in [0.29, 0.717) is 58.3 Å². The lowest BCUT2D eigenvalue weighted by Gasteiger charge is -2.36. The zero-order valence-electron chi connectivity index (χ0n) is 33.7. The van der Waals surface area contributed by atoms with Crippen LogP contribution < -0.4 is 19.9 Å². The lowest BCUT2D eigenvalue weighted by Crippen LogP contribution is -2.59. The average molecular weight is 815 g/mol. The number of methoxy groups -OCH3 is 1. The van der Waals surface area contributed by atoms with Gasteiger partial charge < -0.3 is 24.6 Å². The number of carbonyl (C=O) groups is 4. The van der Waals surface area contributed by atoms with Crippen LogP contribution >= 0.6 is 0 Å². The summed E-state index contributed by atoms with van der Waals surface area (Å²) in [6.45, 7) is 10.9. The molecule has 3 heterocycles. The molecule has 7 rings (SSSR count). The number of nitrogens with zero attached hydrogens (tertiary/aromatic N) is 4. The van der Waals surface area contributed by atoms with E-state index in [9.17, 15) is 27.6 Å². The second-order valence-corrected chi connectivity index (χ2v) is 18.6. The molecule has 3 aromatic rings. The highest BCUT2D eigenvalue weighted by atomic mass is 32.2. The van der Waals surface area contributed by atoms with Crippen molar-refractivity contribution < 1.29 is 37.1 Å². The quantitative estimate of drug-likeness (QED) is 0.234. The Morgan fingerprint density at radius 2 is 1.78 bits per heavy atom. The first-order valence-electron chi connectivity index (χ1n) is 20.1. The highest BCUT2D eigenvalue weighted by Crippen LogP contribution is 2.48. The third-order valence-corrected chi connectivity index (χ3v) is 13.0. The standard InChI is InChI=1S/C43H54N6O8S/c1-6-28-25-43(28,41(53)49(29-15-16-29)58(44,54)55)46-39(51)36-22-31(26-48(36)40(52)33(42(2,3)4)23-38(50)47-19-11-8-12-20-47)57-37-24-34(27-13-9-7-10-14-27)45-35-21-30(56-5)17-18-32(35)37/h6-7,9-10,13-14,17-18,21,24,28-29,31,33,36H,1,8,11-12,15-16,19-20,22-23,25-26H2,2-5H3,(H,46,51)(H2,44,54,55)/t28-,31-,33?,36+,43-/m1/s1. The van der Waals surface area contributed by atoms with Crippen molar-refractivity contribution in [2.45, 2.75) is 95.9 Å². The van der Waals surface area contributed by atoms with Crippen molar-refractivity contribution in [3.05, 3.63) is 67.3 Å². The number of fused-ring (bicyclic) bond motifs is 1. The topological polar surface area (TPSA) is 182 Å².